The van der Waals surface area contributed by atoms with E-state index in [0.717, 1.165) is 6.92 Å². The molecular formula is C14H24O7. The number of carboxylic acid groups (broad SMARTS) is 3. The van der Waals surface area contributed by atoms with Gasteiger partial charge in [0.25, 0.3) is 5.97 Å². The number of hydrogen-bond donors (Lipinski definition) is 3. The van der Waals surface area contributed by atoms with Crippen LogP contribution in [0.3, 0.4) is 0 Å². The van der Waals surface area contributed by atoms with Gasteiger partial charge in [0, 0.05) is 19.8 Å². The molecule has 0 saturated carbocycles. The first-order valence-electron chi connectivity index (χ1n) is 6.20. The highest BCUT2D eigenvalue weighted by Crippen LogP contribution is 1.98. The molecule has 0 radical (unpaired) electrons. The molecule has 21 heavy (non-hydrogen) atoms. The summed E-state index contributed by atoms with van der Waals surface area (Å²) in [6.07, 6.45) is 4.44. The molecule has 0 unspecified atom stereocenters. The van der Waals surface area contributed by atoms with E-state index in [0.29, 0.717) is 26.1 Å². The van der Waals surface area contributed by atoms with E-state index in [1.165, 1.54) is 0 Å². The summed E-state index contributed by atoms with van der Waals surface area (Å²) in [6, 6.07) is 0. The van der Waals surface area contributed by atoms with Crippen LogP contribution in [0.2, 0.25) is 0 Å². The Morgan fingerprint density at radius 3 is 1.38 bits per heavy atom. The Labute approximate surface area is 124 Å². The van der Waals surface area contributed by atoms with Crippen LogP contribution >= 0.6 is 0 Å². The minimum Gasteiger partial charge on any atom is -0.481 e. The number of carbonyl (C=O) groups is 3. The Bertz CT molecular complexity index is 282. The fraction of sp³-hybridized carbons (Fsp3) is 0.500. The maximum atomic E-state index is 9.90. The number of hydrogen-bond acceptors (Lipinski definition) is 4. The van der Waals surface area contributed by atoms with Gasteiger partial charge in [0.2, 0.25) is 0 Å². The Kier molecular flexibility index (Phi) is 23.0. The number of carboxylic acids is 3. The standard InChI is InChI=1S/C6H10O4.C6H10O.C2H4O2/c7-5(8)3-1-2-4-6(9)10;1-3-5-7-6-4-2;1-2(3)4/h1-4H2,(H,7,8)(H,9,10);3-4H,1-2,5-6H2;1H3,(H,3,4). The van der Waals surface area contributed by atoms with E-state index in [1.807, 2.05) is 0 Å². The van der Waals surface area contributed by atoms with Crippen LogP contribution in [0.15, 0.2) is 25.3 Å². The number of ether oxygens (including phenoxy) is 1. The summed E-state index contributed by atoms with van der Waals surface area (Å²) in [5.74, 6) is -2.57. The van der Waals surface area contributed by atoms with Crippen molar-refractivity contribution in [2.75, 3.05) is 13.2 Å². The van der Waals surface area contributed by atoms with Gasteiger partial charge < -0.3 is 20.1 Å². The summed E-state index contributed by atoms with van der Waals surface area (Å²) < 4.78 is 4.90. The molecule has 0 bridgehead atoms. The minimum atomic E-state index is -0.870. The van der Waals surface area contributed by atoms with Crippen molar-refractivity contribution in [1.82, 2.24) is 0 Å². The number of aliphatic carboxylic acids is 3. The second-order valence-corrected chi connectivity index (χ2v) is 3.63. The molecule has 7 heteroatoms. The molecule has 0 aliphatic carbocycles. The van der Waals surface area contributed by atoms with Gasteiger partial charge in [0.05, 0.1) is 13.2 Å². The fourth-order valence-corrected chi connectivity index (χ4v) is 0.787. The van der Waals surface area contributed by atoms with Crippen molar-refractivity contribution in [2.24, 2.45) is 0 Å². The molecule has 0 rings (SSSR count). The third kappa shape index (κ3) is 57.3. The Hall–Kier alpha value is -2.15. The van der Waals surface area contributed by atoms with Crippen molar-refractivity contribution in [3.8, 4) is 0 Å². The molecule has 0 heterocycles. The molecule has 0 amide bonds. The molecule has 7 nitrogen and oxygen atoms in total. The zero-order chi connectivity index (χ0) is 17.1. The van der Waals surface area contributed by atoms with Crippen molar-refractivity contribution in [2.45, 2.75) is 32.6 Å². The summed E-state index contributed by atoms with van der Waals surface area (Å²) >= 11 is 0. The lowest BCUT2D eigenvalue weighted by Crippen LogP contribution is -1.97. The molecule has 0 spiro atoms. The lowest BCUT2D eigenvalue weighted by molar-refractivity contribution is -0.139. The highest BCUT2D eigenvalue weighted by atomic mass is 16.5. The molecule has 0 atom stereocenters. The maximum Gasteiger partial charge on any atom is 0.303 e. The molecule has 0 aromatic carbocycles. The molecular weight excluding hydrogens is 280 g/mol. The summed E-state index contributed by atoms with van der Waals surface area (Å²) in [4.78, 5) is 28.8. The molecule has 122 valence electrons. The third-order valence-corrected chi connectivity index (χ3v) is 1.50. The second kappa shape index (κ2) is 20.2. The van der Waals surface area contributed by atoms with E-state index < -0.39 is 17.9 Å². The van der Waals surface area contributed by atoms with Crippen LogP contribution < -0.4 is 0 Å². The van der Waals surface area contributed by atoms with Gasteiger partial charge >= 0.3 is 11.9 Å². The normalized spacial score (nSPS) is 8.24. The first-order valence-corrected chi connectivity index (χ1v) is 6.20. The molecule has 0 fully saturated rings. The highest BCUT2D eigenvalue weighted by molar-refractivity contribution is 5.67. The van der Waals surface area contributed by atoms with Crippen molar-refractivity contribution in [3.63, 3.8) is 0 Å². The van der Waals surface area contributed by atoms with Gasteiger partial charge in [-0.15, -0.1) is 13.2 Å². The van der Waals surface area contributed by atoms with Gasteiger partial charge in [-0.1, -0.05) is 12.2 Å². The van der Waals surface area contributed by atoms with Gasteiger partial charge in [-0.3, -0.25) is 14.4 Å². The van der Waals surface area contributed by atoms with Crippen molar-refractivity contribution in [3.05, 3.63) is 25.3 Å². The van der Waals surface area contributed by atoms with E-state index in [9.17, 15) is 9.59 Å². The quantitative estimate of drug-likeness (QED) is 0.441. The highest BCUT2D eigenvalue weighted by Gasteiger charge is 1.99. The van der Waals surface area contributed by atoms with Gasteiger partial charge in [-0.05, 0) is 12.8 Å². The SMILES string of the molecule is C=CCOCC=C.CC(=O)O.O=C(O)CCCCC(=O)O. The largest absolute Gasteiger partial charge is 0.481 e. The van der Waals surface area contributed by atoms with Crippen LogP contribution in [0.25, 0.3) is 0 Å². The monoisotopic (exact) mass is 304 g/mol. The molecule has 0 saturated heterocycles. The van der Waals surface area contributed by atoms with E-state index in [-0.39, 0.29) is 12.8 Å². The van der Waals surface area contributed by atoms with Crippen LogP contribution in [-0.2, 0) is 19.1 Å². The Morgan fingerprint density at radius 1 is 0.905 bits per heavy atom. The predicted molar refractivity (Wildman–Crippen MR) is 78.3 cm³/mol. The minimum absolute atomic E-state index is 0.0628. The number of unbranched alkanes of at least 4 members (excludes halogenated alkanes) is 1. The van der Waals surface area contributed by atoms with Gasteiger partial charge in [-0.2, -0.15) is 0 Å². The topological polar surface area (TPSA) is 121 Å². The summed E-state index contributed by atoms with van der Waals surface area (Å²) in [6.45, 7) is 9.26. The van der Waals surface area contributed by atoms with Crippen LogP contribution in [0.4, 0.5) is 0 Å². The smallest absolute Gasteiger partial charge is 0.303 e. The zero-order valence-electron chi connectivity index (χ0n) is 12.3. The van der Waals surface area contributed by atoms with E-state index in [2.05, 4.69) is 13.2 Å². The van der Waals surface area contributed by atoms with Crippen LogP contribution in [-0.4, -0.2) is 46.4 Å². The summed E-state index contributed by atoms with van der Waals surface area (Å²) in [5.41, 5.74) is 0. The average Bonchev–Trinajstić information content (AvgIpc) is 2.35. The van der Waals surface area contributed by atoms with Crippen molar-refractivity contribution < 1.29 is 34.4 Å². The van der Waals surface area contributed by atoms with E-state index in [4.69, 9.17) is 24.9 Å². The van der Waals surface area contributed by atoms with Crippen LogP contribution in [0.5, 0.6) is 0 Å². The molecule has 0 aliphatic rings. The maximum absolute atomic E-state index is 9.90. The molecule has 3 N–H and O–H groups in total. The van der Waals surface area contributed by atoms with Crippen molar-refractivity contribution >= 4 is 17.9 Å². The van der Waals surface area contributed by atoms with Gasteiger partial charge in [0.1, 0.15) is 0 Å². The lowest BCUT2D eigenvalue weighted by Gasteiger charge is -1.92. The number of rotatable bonds is 9. The fourth-order valence-electron chi connectivity index (χ4n) is 0.787. The third-order valence-electron chi connectivity index (χ3n) is 1.50. The van der Waals surface area contributed by atoms with Crippen molar-refractivity contribution in [1.29, 1.82) is 0 Å². The van der Waals surface area contributed by atoms with E-state index >= 15 is 0 Å². The molecule has 0 aromatic heterocycles. The van der Waals surface area contributed by atoms with E-state index in [1.54, 1.807) is 12.2 Å². The molecule has 0 aliphatic heterocycles. The average molecular weight is 304 g/mol. The predicted octanol–water partition coefficient (Wildman–Crippen LogP) is 2.18. The first-order chi connectivity index (χ1) is 9.77. The zero-order valence-corrected chi connectivity index (χ0v) is 12.3. The van der Waals surface area contributed by atoms with Gasteiger partial charge in [-0.25, -0.2) is 0 Å². The first kappa shape index (κ1) is 23.9. The Morgan fingerprint density at radius 2 is 1.19 bits per heavy atom. The Balaban J connectivity index is -0.000000256. The van der Waals surface area contributed by atoms with Crippen LogP contribution in [0, 0.1) is 0 Å². The molecule has 0 aromatic rings. The second-order valence-electron chi connectivity index (χ2n) is 3.63. The van der Waals surface area contributed by atoms with Gasteiger partial charge in [0.15, 0.2) is 0 Å². The van der Waals surface area contributed by atoms with Crippen LogP contribution in [0.1, 0.15) is 32.6 Å². The lowest BCUT2D eigenvalue weighted by atomic mass is 10.2. The summed E-state index contributed by atoms with van der Waals surface area (Å²) in [7, 11) is 0. The summed E-state index contributed by atoms with van der Waals surface area (Å²) in [5, 5.41) is 23.7.